The summed E-state index contributed by atoms with van der Waals surface area (Å²) in [7, 11) is 1.68. The van der Waals surface area contributed by atoms with Gasteiger partial charge in [-0.05, 0) is 27.7 Å². The average Bonchev–Trinajstić information content (AvgIpc) is 3.18. The first-order chi connectivity index (χ1) is 10.9. The van der Waals surface area contributed by atoms with Gasteiger partial charge in [0, 0.05) is 31.3 Å². The Hall–Kier alpha value is -2.08. The van der Waals surface area contributed by atoms with Crippen LogP contribution in [0, 0.1) is 27.7 Å². The topological polar surface area (TPSA) is 71.4 Å². The van der Waals surface area contributed by atoms with Gasteiger partial charge in [0.2, 0.25) is 0 Å². The van der Waals surface area contributed by atoms with Gasteiger partial charge in [-0.2, -0.15) is 0 Å². The van der Waals surface area contributed by atoms with Crippen LogP contribution in [-0.4, -0.2) is 40.5 Å². The number of H-pyrrole nitrogens is 1. The first-order valence-corrected chi connectivity index (χ1v) is 7.84. The van der Waals surface area contributed by atoms with Crippen LogP contribution in [0.5, 0.6) is 0 Å². The molecule has 6 nitrogen and oxygen atoms in total. The molecule has 2 atom stereocenters. The number of carbonyl (C=O) groups excluding carboxylic acids is 1. The predicted octanol–water partition coefficient (Wildman–Crippen LogP) is 2.84. The fourth-order valence-electron chi connectivity index (χ4n) is 3.22. The molecule has 0 unspecified atom stereocenters. The van der Waals surface area contributed by atoms with Gasteiger partial charge in [-0.25, -0.2) is 4.98 Å². The van der Waals surface area contributed by atoms with Crippen molar-refractivity contribution in [1.29, 1.82) is 0 Å². The third kappa shape index (κ3) is 2.67. The van der Waals surface area contributed by atoms with Crippen LogP contribution in [0.3, 0.4) is 0 Å². The zero-order chi connectivity index (χ0) is 16.7. The van der Waals surface area contributed by atoms with Crippen molar-refractivity contribution in [2.24, 2.45) is 0 Å². The smallest absolute Gasteiger partial charge is 0.258 e. The lowest BCUT2D eigenvalue weighted by atomic mass is 10.1. The molecule has 6 heteroatoms. The molecule has 3 heterocycles. The summed E-state index contributed by atoms with van der Waals surface area (Å²) < 4.78 is 10.9. The number of rotatable bonds is 3. The second kappa shape index (κ2) is 5.85. The highest BCUT2D eigenvalue weighted by Gasteiger charge is 2.39. The monoisotopic (exact) mass is 317 g/mol. The van der Waals surface area contributed by atoms with E-state index in [1.807, 2.05) is 32.6 Å². The minimum Gasteiger partial charge on any atom is -0.469 e. The lowest BCUT2D eigenvalue weighted by Gasteiger charge is -2.23. The molecule has 3 rings (SSSR count). The van der Waals surface area contributed by atoms with Crippen LogP contribution in [0.2, 0.25) is 0 Å². The van der Waals surface area contributed by atoms with Crippen molar-refractivity contribution >= 4 is 5.91 Å². The van der Waals surface area contributed by atoms with Gasteiger partial charge in [-0.15, -0.1) is 0 Å². The Kier molecular flexibility index (Phi) is 4.02. The molecule has 1 saturated heterocycles. The molecule has 124 valence electrons. The van der Waals surface area contributed by atoms with E-state index < -0.39 is 0 Å². The van der Waals surface area contributed by atoms with Crippen LogP contribution in [0.25, 0.3) is 0 Å². The highest BCUT2D eigenvalue weighted by atomic mass is 16.5. The lowest BCUT2D eigenvalue weighted by Crippen LogP contribution is -2.33. The number of methoxy groups -OCH3 is 1. The molecule has 2 aromatic heterocycles. The zero-order valence-electron chi connectivity index (χ0n) is 14.3. The molecule has 0 radical (unpaired) electrons. The molecular formula is C17H23N3O3. The van der Waals surface area contributed by atoms with Gasteiger partial charge in [0.1, 0.15) is 11.6 Å². The van der Waals surface area contributed by atoms with E-state index >= 15 is 0 Å². The van der Waals surface area contributed by atoms with Crippen LogP contribution in [-0.2, 0) is 4.74 Å². The van der Waals surface area contributed by atoms with Gasteiger partial charge in [-0.3, -0.25) is 4.79 Å². The fourth-order valence-corrected chi connectivity index (χ4v) is 3.22. The molecule has 1 N–H and O–H groups in total. The molecule has 23 heavy (non-hydrogen) atoms. The highest BCUT2D eigenvalue weighted by molar-refractivity contribution is 5.97. The number of aromatic nitrogens is 2. The maximum absolute atomic E-state index is 13.1. The standard InChI is InChI=1S/C17H23N3O3/c1-9-8-23-12(4)15(9)17(21)20-7-13(22-5)6-14(20)16-18-10(2)11(3)19-16/h8,13-14H,6-7H2,1-5H3,(H,18,19)/t13-,14+/m1/s1. The van der Waals surface area contributed by atoms with Crippen LogP contribution in [0.15, 0.2) is 10.7 Å². The third-order valence-electron chi connectivity index (χ3n) is 4.69. The molecule has 1 aliphatic heterocycles. The van der Waals surface area contributed by atoms with Crippen LogP contribution in [0.4, 0.5) is 0 Å². The van der Waals surface area contributed by atoms with E-state index in [-0.39, 0.29) is 18.1 Å². The van der Waals surface area contributed by atoms with Crippen LogP contribution in [0.1, 0.15) is 51.4 Å². The second-order valence-corrected chi connectivity index (χ2v) is 6.25. The maximum Gasteiger partial charge on any atom is 0.258 e. The number of aromatic amines is 1. The molecule has 0 aromatic carbocycles. The molecule has 0 saturated carbocycles. The normalized spacial score (nSPS) is 21.2. The molecule has 1 fully saturated rings. The van der Waals surface area contributed by atoms with Crippen molar-refractivity contribution in [2.45, 2.75) is 46.3 Å². The van der Waals surface area contributed by atoms with Crippen molar-refractivity contribution in [3.05, 3.63) is 40.4 Å². The molecule has 2 aromatic rings. The first kappa shape index (κ1) is 15.8. The van der Waals surface area contributed by atoms with Gasteiger partial charge >= 0.3 is 0 Å². The van der Waals surface area contributed by atoms with Crippen molar-refractivity contribution in [3.8, 4) is 0 Å². The quantitative estimate of drug-likeness (QED) is 0.945. The SMILES string of the molecule is CO[C@@H]1C[C@@H](c2nc(C)c(C)[nH]2)N(C(=O)c2c(C)coc2C)C1. The lowest BCUT2D eigenvalue weighted by molar-refractivity contribution is 0.0682. The number of likely N-dealkylation sites (tertiary alicyclic amines) is 1. The second-order valence-electron chi connectivity index (χ2n) is 6.25. The molecule has 0 bridgehead atoms. The number of nitrogens with zero attached hydrogens (tertiary/aromatic N) is 2. The van der Waals surface area contributed by atoms with E-state index in [1.165, 1.54) is 0 Å². The van der Waals surface area contributed by atoms with Gasteiger partial charge in [-0.1, -0.05) is 0 Å². The Bertz CT molecular complexity index is 693. The summed E-state index contributed by atoms with van der Waals surface area (Å²) in [6.07, 6.45) is 2.38. The average molecular weight is 317 g/mol. The van der Waals surface area contributed by atoms with Crippen LogP contribution < -0.4 is 0 Å². The number of furan rings is 1. The highest BCUT2D eigenvalue weighted by Crippen LogP contribution is 2.34. The van der Waals surface area contributed by atoms with Gasteiger partial charge < -0.3 is 19.0 Å². The zero-order valence-corrected chi connectivity index (χ0v) is 14.3. The number of imidazole rings is 1. The van der Waals surface area contributed by atoms with Gasteiger partial charge in [0.15, 0.2) is 0 Å². The number of nitrogens with one attached hydrogen (secondary N) is 1. The van der Waals surface area contributed by atoms with E-state index in [0.29, 0.717) is 17.9 Å². The predicted molar refractivity (Wildman–Crippen MR) is 85.4 cm³/mol. The summed E-state index contributed by atoms with van der Waals surface area (Å²) >= 11 is 0. The van der Waals surface area contributed by atoms with E-state index in [0.717, 1.165) is 29.2 Å². The van der Waals surface area contributed by atoms with E-state index in [9.17, 15) is 4.79 Å². The molecule has 0 aliphatic carbocycles. The summed E-state index contributed by atoms with van der Waals surface area (Å²) in [5.41, 5.74) is 3.50. The summed E-state index contributed by atoms with van der Waals surface area (Å²) in [5, 5.41) is 0. The van der Waals surface area contributed by atoms with Crippen molar-refractivity contribution in [3.63, 3.8) is 0 Å². The largest absolute Gasteiger partial charge is 0.469 e. The summed E-state index contributed by atoms with van der Waals surface area (Å²) in [5.74, 6) is 1.45. The summed E-state index contributed by atoms with van der Waals surface area (Å²) in [4.78, 5) is 22.8. The minimum atomic E-state index is -0.103. The Labute approximate surface area is 135 Å². The molecular weight excluding hydrogens is 294 g/mol. The first-order valence-electron chi connectivity index (χ1n) is 7.84. The van der Waals surface area contributed by atoms with Gasteiger partial charge in [0.05, 0.1) is 29.7 Å². The minimum absolute atomic E-state index is 0.0159. The number of ether oxygens (including phenoxy) is 1. The van der Waals surface area contributed by atoms with Crippen molar-refractivity contribution < 1.29 is 13.9 Å². The number of hydrogen-bond acceptors (Lipinski definition) is 4. The summed E-state index contributed by atoms with van der Waals surface area (Å²) in [6, 6.07) is -0.103. The Morgan fingerprint density at radius 2 is 2.13 bits per heavy atom. The van der Waals surface area contributed by atoms with E-state index in [1.54, 1.807) is 13.4 Å². The van der Waals surface area contributed by atoms with Gasteiger partial charge in [0.25, 0.3) is 5.91 Å². The number of carbonyl (C=O) groups is 1. The fraction of sp³-hybridized carbons (Fsp3) is 0.529. The Morgan fingerprint density at radius 3 is 2.65 bits per heavy atom. The van der Waals surface area contributed by atoms with Crippen molar-refractivity contribution in [2.75, 3.05) is 13.7 Å². The molecule has 1 amide bonds. The molecule has 1 aliphatic rings. The van der Waals surface area contributed by atoms with E-state index in [2.05, 4.69) is 9.97 Å². The van der Waals surface area contributed by atoms with E-state index in [4.69, 9.17) is 9.15 Å². The number of hydrogen-bond donors (Lipinski definition) is 1. The maximum atomic E-state index is 13.1. The Balaban J connectivity index is 1.96. The summed E-state index contributed by atoms with van der Waals surface area (Å²) in [6.45, 7) is 8.23. The number of amides is 1. The third-order valence-corrected chi connectivity index (χ3v) is 4.69. The Morgan fingerprint density at radius 1 is 1.39 bits per heavy atom. The van der Waals surface area contributed by atoms with Crippen molar-refractivity contribution in [1.82, 2.24) is 14.9 Å². The number of aryl methyl sites for hydroxylation is 4. The van der Waals surface area contributed by atoms with Crippen LogP contribution >= 0.6 is 0 Å². The molecule has 0 spiro atoms.